The van der Waals surface area contributed by atoms with E-state index in [1.165, 1.54) is 0 Å². The van der Waals surface area contributed by atoms with Gasteiger partial charge in [-0.2, -0.15) is 0 Å². The number of halogens is 1. The molecule has 0 unspecified atom stereocenters. The molecule has 1 rings (SSSR count). The van der Waals surface area contributed by atoms with Crippen LogP contribution in [0.25, 0.3) is 0 Å². The Kier molecular flexibility index (Phi) is 5.48. The molecule has 1 aromatic rings. The third-order valence-electron chi connectivity index (χ3n) is 2.54. The van der Waals surface area contributed by atoms with E-state index in [0.29, 0.717) is 18.4 Å². The number of methoxy groups -OCH3 is 1. The lowest BCUT2D eigenvalue weighted by molar-refractivity contribution is -0.142. The first-order valence-corrected chi connectivity index (χ1v) is 6.62. The van der Waals surface area contributed by atoms with Crippen LogP contribution in [-0.4, -0.2) is 19.7 Å². The van der Waals surface area contributed by atoms with Gasteiger partial charge in [0, 0.05) is 5.33 Å². The number of rotatable bonds is 5. The minimum atomic E-state index is -0.192. The summed E-state index contributed by atoms with van der Waals surface area (Å²) >= 11 is 3.43. The molecule has 0 bridgehead atoms. The Morgan fingerprint density at radius 2 is 2.12 bits per heavy atom. The second-order valence-electron chi connectivity index (χ2n) is 3.70. The molecule has 0 radical (unpaired) electrons. The smallest absolute Gasteiger partial charge is 0.310 e. The van der Waals surface area contributed by atoms with Gasteiger partial charge in [0.1, 0.15) is 5.75 Å². The van der Waals surface area contributed by atoms with Crippen LogP contribution >= 0.6 is 15.9 Å². The van der Waals surface area contributed by atoms with Gasteiger partial charge in [0.05, 0.1) is 20.1 Å². The average molecular weight is 301 g/mol. The molecule has 17 heavy (non-hydrogen) atoms. The van der Waals surface area contributed by atoms with Crippen molar-refractivity contribution in [3.05, 3.63) is 28.8 Å². The van der Waals surface area contributed by atoms with Crippen molar-refractivity contribution in [3.8, 4) is 5.75 Å². The number of carbonyl (C=O) groups excluding carboxylic acids is 1. The summed E-state index contributed by atoms with van der Waals surface area (Å²) in [5, 5.41) is 0.694. The lowest BCUT2D eigenvalue weighted by atomic mass is 9.99. The number of benzene rings is 1. The Hall–Kier alpha value is -1.03. The van der Waals surface area contributed by atoms with Gasteiger partial charge in [-0.3, -0.25) is 4.79 Å². The fourth-order valence-electron chi connectivity index (χ4n) is 1.70. The molecule has 0 heterocycles. The Morgan fingerprint density at radius 1 is 1.41 bits per heavy atom. The topological polar surface area (TPSA) is 35.5 Å². The van der Waals surface area contributed by atoms with Crippen LogP contribution in [0, 0.1) is 6.92 Å². The van der Waals surface area contributed by atoms with Crippen molar-refractivity contribution < 1.29 is 14.3 Å². The van der Waals surface area contributed by atoms with Gasteiger partial charge in [-0.1, -0.05) is 15.9 Å². The second kappa shape index (κ2) is 6.64. The molecule has 0 saturated heterocycles. The SMILES string of the molecule is CCOC(=O)Cc1c(C)cc(OC)cc1CBr. The minimum absolute atomic E-state index is 0.192. The van der Waals surface area contributed by atoms with Crippen molar-refractivity contribution in [1.82, 2.24) is 0 Å². The highest BCUT2D eigenvalue weighted by atomic mass is 79.9. The van der Waals surface area contributed by atoms with Crippen LogP contribution in [0.15, 0.2) is 12.1 Å². The van der Waals surface area contributed by atoms with Crippen LogP contribution in [0.3, 0.4) is 0 Å². The van der Waals surface area contributed by atoms with E-state index in [2.05, 4.69) is 15.9 Å². The van der Waals surface area contributed by atoms with Gasteiger partial charge in [0.25, 0.3) is 0 Å². The van der Waals surface area contributed by atoms with Crippen molar-refractivity contribution in [1.29, 1.82) is 0 Å². The summed E-state index contributed by atoms with van der Waals surface area (Å²) in [5.74, 6) is 0.618. The maximum absolute atomic E-state index is 11.5. The van der Waals surface area contributed by atoms with Crippen LogP contribution in [0.1, 0.15) is 23.6 Å². The van der Waals surface area contributed by atoms with E-state index in [4.69, 9.17) is 9.47 Å². The van der Waals surface area contributed by atoms with Crippen molar-refractivity contribution in [2.75, 3.05) is 13.7 Å². The molecule has 0 fully saturated rings. The van der Waals surface area contributed by atoms with E-state index < -0.39 is 0 Å². The molecule has 0 aliphatic heterocycles. The summed E-state index contributed by atoms with van der Waals surface area (Å²) in [6, 6.07) is 3.87. The lowest BCUT2D eigenvalue weighted by Gasteiger charge is -2.12. The van der Waals surface area contributed by atoms with Gasteiger partial charge in [-0.25, -0.2) is 0 Å². The van der Waals surface area contributed by atoms with Gasteiger partial charge in [-0.05, 0) is 42.7 Å². The third kappa shape index (κ3) is 3.73. The predicted molar refractivity (Wildman–Crippen MR) is 70.7 cm³/mol. The fourth-order valence-corrected chi connectivity index (χ4v) is 2.20. The maximum atomic E-state index is 11.5. The van der Waals surface area contributed by atoms with Gasteiger partial charge >= 0.3 is 5.97 Å². The molecule has 0 aromatic heterocycles. The molecular weight excluding hydrogens is 284 g/mol. The highest BCUT2D eigenvalue weighted by Gasteiger charge is 2.12. The summed E-state index contributed by atoms with van der Waals surface area (Å²) in [7, 11) is 1.64. The molecular formula is C13H17BrO3. The van der Waals surface area contributed by atoms with Crippen molar-refractivity contribution >= 4 is 21.9 Å². The second-order valence-corrected chi connectivity index (χ2v) is 4.26. The summed E-state index contributed by atoms with van der Waals surface area (Å²) in [5.41, 5.74) is 3.13. The normalized spacial score (nSPS) is 10.1. The van der Waals surface area contributed by atoms with E-state index in [9.17, 15) is 4.79 Å². The minimum Gasteiger partial charge on any atom is -0.497 e. The van der Waals surface area contributed by atoms with E-state index in [0.717, 1.165) is 22.4 Å². The first-order valence-electron chi connectivity index (χ1n) is 5.50. The number of carbonyl (C=O) groups is 1. The third-order valence-corrected chi connectivity index (χ3v) is 3.15. The molecule has 0 aliphatic carbocycles. The first kappa shape index (κ1) is 14.0. The summed E-state index contributed by atoms with van der Waals surface area (Å²) in [6.07, 6.45) is 0.310. The molecule has 94 valence electrons. The fraction of sp³-hybridized carbons (Fsp3) is 0.462. The molecule has 0 atom stereocenters. The Bertz CT molecular complexity index is 402. The monoisotopic (exact) mass is 300 g/mol. The van der Waals surface area contributed by atoms with E-state index in [1.54, 1.807) is 7.11 Å². The predicted octanol–water partition coefficient (Wildman–Crippen LogP) is 3.00. The summed E-state index contributed by atoms with van der Waals surface area (Å²) in [4.78, 5) is 11.5. The number of alkyl halides is 1. The molecule has 0 saturated carbocycles. The zero-order chi connectivity index (χ0) is 12.8. The molecule has 3 nitrogen and oxygen atoms in total. The van der Waals surface area contributed by atoms with Crippen LogP contribution in [0.2, 0.25) is 0 Å². The van der Waals surface area contributed by atoms with Crippen LogP contribution in [0.4, 0.5) is 0 Å². The Morgan fingerprint density at radius 3 is 2.65 bits per heavy atom. The van der Waals surface area contributed by atoms with E-state index in [1.807, 2.05) is 26.0 Å². The number of ether oxygens (including phenoxy) is 2. The molecule has 0 spiro atoms. The molecule has 0 amide bonds. The zero-order valence-corrected chi connectivity index (χ0v) is 12.0. The number of hydrogen-bond acceptors (Lipinski definition) is 3. The molecule has 0 N–H and O–H groups in total. The Balaban J connectivity index is 3.01. The number of hydrogen-bond donors (Lipinski definition) is 0. The van der Waals surface area contributed by atoms with E-state index in [-0.39, 0.29) is 5.97 Å². The van der Waals surface area contributed by atoms with Crippen LogP contribution in [-0.2, 0) is 21.3 Å². The highest BCUT2D eigenvalue weighted by molar-refractivity contribution is 9.08. The van der Waals surface area contributed by atoms with Gasteiger partial charge < -0.3 is 9.47 Å². The average Bonchev–Trinajstić information content (AvgIpc) is 2.31. The summed E-state index contributed by atoms with van der Waals surface area (Å²) < 4.78 is 10.2. The quantitative estimate of drug-likeness (QED) is 0.619. The van der Waals surface area contributed by atoms with E-state index >= 15 is 0 Å². The summed E-state index contributed by atoms with van der Waals surface area (Å²) in [6.45, 7) is 4.20. The maximum Gasteiger partial charge on any atom is 0.310 e. The first-order chi connectivity index (χ1) is 8.12. The lowest BCUT2D eigenvalue weighted by Crippen LogP contribution is -2.10. The van der Waals surface area contributed by atoms with Crippen LogP contribution < -0.4 is 4.74 Å². The largest absolute Gasteiger partial charge is 0.497 e. The van der Waals surface area contributed by atoms with Gasteiger partial charge in [0.2, 0.25) is 0 Å². The Labute approximate surface area is 110 Å². The molecule has 0 aliphatic rings. The van der Waals surface area contributed by atoms with Crippen LogP contribution in [0.5, 0.6) is 5.75 Å². The number of aryl methyl sites for hydroxylation is 1. The standard InChI is InChI=1S/C13H17BrO3/c1-4-17-13(15)7-12-9(2)5-11(16-3)6-10(12)8-14/h5-6H,4,7-8H2,1-3H3. The molecule has 4 heteroatoms. The van der Waals surface area contributed by atoms with Gasteiger partial charge in [-0.15, -0.1) is 0 Å². The number of esters is 1. The zero-order valence-electron chi connectivity index (χ0n) is 10.4. The molecule has 1 aromatic carbocycles. The van der Waals surface area contributed by atoms with Crippen molar-refractivity contribution in [2.24, 2.45) is 0 Å². The van der Waals surface area contributed by atoms with Crippen molar-refractivity contribution in [3.63, 3.8) is 0 Å². The highest BCUT2D eigenvalue weighted by Crippen LogP contribution is 2.24. The van der Waals surface area contributed by atoms with Crippen molar-refractivity contribution in [2.45, 2.75) is 25.6 Å². The van der Waals surface area contributed by atoms with Gasteiger partial charge in [0.15, 0.2) is 0 Å².